The third-order valence-electron chi connectivity index (χ3n) is 5.81. The van der Waals surface area contributed by atoms with Gasteiger partial charge in [0, 0.05) is 5.92 Å². The molecule has 2 aromatic carbocycles. The van der Waals surface area contributed by atoms with E-state index >= 15 is 0 Å². The summed E-state index contributed by atoms with van der Waals surface area (Å²) in [6, 6.07) is 16.5. The highest BCUT2D eigenvalue weighted by Gasteiger charge is 2.26. The van der Waals surface area contributed by atoms with Gasteiger partial charge in [-0.2, -0.15) is 0 Å². The van der Waals surface area contributed by atoms with Crippen LogP contribution < -0.4 is 16.4 Å². The molecule has 2 atom stereocenters. The second-order valence-electron chi connectivity index (χ2n) is 8.20. The summed E-state index contributed by atoms with van der Waals surface area (Å²) in [4.78, 5) is 36.2. The predicted octanol–water partition coefficient (Wildman–Crippen LogP) is 2.38. The first kappa shape index (κ1) is 22.7. The zero-order valence-corrected chi connectivity index (χ0v) is 18.9. The smallest absolute Gasteiger partial charge is 0.327 e. The summed E-state index contributed by atoms with van der Waals surface area (Å²) in [5, 5.41) is 5.24. The Kier molecular flexibility index (Phi) is 6.30. The van der Waals surface area contributed by atoms with Crippen molar-refractivity contribution in [2.45, 2.75) is 37.0 Å². The van der Waals surface area contributed by atoms with Crippen molar-refractivity contribution in [3.63, 3.8) is 0 Å². The molecule has 0 bridgehead atoms. The topological polar surface area (TPSA) is 155 Å². The van der Waals surface area contributed by atoms with E-state index in [0.29, 0.717) is 5.82 Å². The Balaban J connectivity index is 1.68. The minimum atomic E-state index is -3.81. The van der Waals surface area contributed by atoms with Gasteiger partial charge in [0.05, 0.1) is 4.90 Å². The number of aromatic amines is 3. The number of nitrogens with one attached hydrogen (secondary N) is 3. The number of H-pyrrole nitrogens is 3. The number of primary sulfonamides is 1. The fourth-order valence-electron chi connectivity index (χ4n) is 4.16. The molecule has 4 rings (SSSR count). The molecule has 33 heavy (non-hydrogen) atoms. The maximum absolute atomic E-state index is 12.2. The van der Waals surface area contributed by atoms with Gasteiger partial charge in [0.1, 0.15) is 11.3 Å². The van der Waals surface area contributed by atoms with Gasteiger partial charge in [0.2, 0.25) is 10.0 Å². The first-order chi connectivity index (χ1) is 15.7. The summed E-state index contributed by atoms with van der Waals surface area (Å²) in [5.74, 6) is 0.360. The van der Waals surface area contributed by atoms with E-state index in [2.05, 4.69) is 39.0 Å². The van der Waals surface area contributed by atoms with Crippen molar-refractivity contribution in [3.8, 4) is 0 Å². The van der Waals surface area contributed by atoms with E-state index in [9.17, 15) is 18.0 Å². The van der Waals surface area contributed by atoms with Crippen LogP contribution in [0.1, 0.15) is 42.6 Å². The van der Waals surface area contributed by atoms with E-state index in [0.717, 1.165) is 24.8 Å². The first-order valence-electron chi connectivity index (χ1n) is 10.6. The van der Waals surface area contributed by atoms with Crippen LogP contribution in [0.2, 0.25) is 0 Å². The minimum Gasteiger partial charge on any atom is -0.336 e. The van der Waals surface area contributed by atoms with E-state index in [1.54, 1.807) is 12.1 Å². The molecule has 2 aromatic heterocycles. The van der Waals surface area contributed by atoms with Gasteiger partial charge >= 0.3 is 5.69 Å². The normalized spacial score (nSPS) is 13.8. The Morgan fingerprint density at radius 1 is 0.970 bits per heavy atom. The van der Waals surface area contributed by atoms with E-state index < -0.39 is 21.3 Å². The van der Waals surface area contributed by atoms with Gasteiger partial charge in [-0.1, -0.05) is 49.4 Å². The van der Waals surface area contributed by atoms with Crippen LogP contribution in [0.15, 0.2) is 69.1 Å². The van der Waals surface area contributed by atoms with Crippen LogP contribution in [0.3, 0.4) is 0 Å². The number of hydrogen-bond acceptors (Lipinski definition) is 5. The summed E-state index contributed by atoms with van der Waals surface area (Å²) in [7, 11) is -3.81. The molecule has 0 amide bonds. The molecular formula is C23H25N5O4S. The number of aromatic nitrogens is 4. The fourth-order valence-corrected chi connectivity index (χ4v) is 4.67. The third-order valence-corrected chi connectivity index (χ3v) is 6.74. The van der Waals surface area contributed by atoms with Gasteiger partial charge in [-0.05, 0) is 48.4 Å². The zero-order chi connectivity index (χ0) is 23.6. The van der Waals surface area contributed by atoms with E-state index in [1.165, 1.54) is 17.7 Å². The van der Waals surface area contributed by atoms with Crippen LogP contribution in [0.5, 0.6) is 0 Å². The highest BCUT2D eigenvalue weighted by atomic mass is 32.2. The summed E-state index contributed by atoms with van der Waals surface area (Å²) in [6.07, 6.45) is 2.73. The monoisotopic (exact) mass is 467 g/mol. The highest BCUT2D eigenvalue weighted by Crippen LogP contribution is 2.34. The van der Waals surface area contributed by atoms with E-state index in [1.807, 2.05) is 18.2 Å². The number of benzene rings is 2. The molecule has 0 saturated carbocycles. The van der Waals surface area contributed by atoms with Crippen molar-refractivity contribution in [2.75, 3.05) is 0 Å². The molecule has 0 radical (unpaired) electrons. The molecule has 0 spiro atoms. The lowest BCUT2D eigenvalue weighted by atomic mass is 9.83. The summed E-state index contributed by atoms with van der Waals surface area (Å²) in [5.41, 5.74) is 1.27. The molecule has 9 nitrogen and oxygen atoms in total. The molecule has 0 aliphatic rings. The van der Waals surface area contributed by atoms with Crippen molar-refractivity contribution >= 4 is 21.2 Å². The average molecular weight is 468 g/mol. The molecule has 10 heteroatoms. The number of fused-ring (bicyclic) bond motifs is 1. The number of imidazole rings is 1. The van der Waals surface area contributed by atoms with Crippen LogP contribution in [-0.2, 0) is 16.4 Å². The van der Waals surface area contributed by atoms with Crippen molar-refractivity contribution < 1.29 is 8.42 Å². The number of aryl methyl sites for hydroxylation is 1. The Hall–Kier alpha value is -3.50. The second-order valence-corrected chi connectivity index (χ2v) is 9.76. The Labute approximate surface area is 190 Å². The Morgan fingerprint density at radius 2 is 1.67 bits per heavy atom. The Morgan fingerprint density at radius 3 is 2.33 bits per heavy atom. The quantitative estimate of drug-likeness (QED) is 0.313. The van der Waals surface area contributed by atoms with Crippen LogP contribution in [0.4, 0.5) is 0 Å². The van der Waals surface area contributed by atoms with E-state index in [4.69, 9.17) is 5.14 Å². The molecule has 4 aromatic rings. The predicted molar refractivity (Wildman–Crippen MR) is 126 cm³/mol. The van der Waals surface area contributed by atoms with E-state index in [-0.39, 0.29) is 27.9 Å². The molecule has 0 aliphatic heterocycles. The second kappa shape index (κ2) is 9.16. The molecule has 0 fully saturated rings. The minimum absolute atomic E-state index is 0.0205. The molecule has 0 saturated heterocycles. The summed E-state index contributed by atoms with van der Waals surface area (Å²) in [6.45, 7) is 2.09. The van der Waals surface area contributed by atoms with Gasteiger partial charge in [-0.3, -0.25) is 14.8 Å². The molecule has 172 valence electrons. The van der Waals surface area contributed by atoms with Gasteiger partial charge in [0.15, 0.2) is 5.65 Å². The summed E-state index contributed by atoms with van der Waals surface area (Å²) >= 11 is 0. The van der Waals surface area contributed by atoms with Gasteiger partial charge in [-0.25, -0.2) is 23.3 Å². The molecule has 0 aliphatic carbocycles. The lowest BCUT2D eigenvalue weighted by Crippen LogP contribution is -2.21. The number of rotatable bonds is 8. The van der Waals surface area contributed by atoms with Crippen LogP contribution >= 0.6 is 0 Å². The lowest BCUT2D eigenvalue weighted by molar-refractivity contribution is 0.447. The first-order valence-corrected chi connectivity index (χ1v) is 12.2. The van der Waals surface area contributed by atoms with Crippen LogP contribution in [0, 0.1) is 5.92 Å². The highest BCUT2D eigenvalue weighted by molar-refractivity contribution is 7.89. The van der Waals surface area contributed by atoms with Crippen molar-refractivity contribution in [1.82, 2.24) is 19.9 Å². The van der Waals surface area contributed by atoms with Crippen LogP contribution in [0.25, 0.3) is 11.2 Å². The Bertz CT molecular complexity index is 1470. The number of nitrogens with two attached hydrogens (primary N) is 1. The van der Waals surface area contributed by atoms with Crippen LogP contribution in [-0.4, -0.2) is 28.4 Å². The fraction of sp³-hybridized carbons (Fsp3) is 0.261. The van der Waals surface area contributed by atoms with Crippen molar-refractivity contribution in [1.29, 1.82) is 0 Å². The largest absolute Gasteiger partial charge is 0.336 e. The van der Waals surface area contributed by atoms with Gasteiger partial charge < -0.3 is 4.98 Å². The van der Waals surface area contributed by atoms with Gasteiger partial charge in [0.25, 0.3) is 5.56 Å². The zero-order valence-electron chi connectivity index (χ0n) is 18.0. The number of nitrogens with zero attached hydrogens (tertiary/aromatic N) is 1. The molecule has 2 unspecified atom stereocenters. The maximum Gasteiger partial charge on any atom is 0.327 e. The molecule has 2 heterocycles. The number of sulfonamides is 1. The maximum atomic E-state index is 12.2. The lowest BCUT2D eigenvalue weighted by Gasteiger charge is -2.23. The van der Waals surface area contributed by atoms with Gasteiger partial charge in [-0.15, -0.1) is 0 Å². The summed E-state index contributed by atoms with van der Waals surface area (Å²) < 4.78 is 23.3. The SMILES string of the molecule is CC(CCCc1ccccc1)C(c1ccc(S(N)(=O)=O)cc1)c1nc2[nH]c(=O)[nH]c(=O)c2[nH]1. The standard InChI is InChI=1S/C23H25N5O4S/c1-14(6-5-9-15-7-3-2-4-8-15)18(16-10-12-17(13-11-16)33(24,31)32)20-25-19-21(26-20)27-23(30)28-22(19)29/h2-4,7-8,10-14,18H,5-6,9H2,1H3,(H2,24,31,32)(H3,25,26,27,28,29,30). The molecule has 5 N–H and O–H groups in total. The average Bonchev–Trinajstić information content (AvgIpc) is 3.18. The molecular weight excluding hydrogens is 442 g/mol. The van der Waals surface area contributed by atoms with Crippen molar-refractivity contribution in [3.05, 3.63) is 92.4 Å². The third kappa shape index (κ3) is 5.12. The van der Waals surface area contributed by atoms with Crippen molar-refractivity contribution in [2.24, 2.45) is 11.1 Å². The number of hydrogen-bond donors (Lipinski definition) is 4.